The Balaban J connectivity index is 0. The molecule has 3 aromatic rings. The van der Waals surface area contributed by atoms with Crippen LogP contribution >= 0.6 is 0 Å². The summed E-state index contributed by atoms with van der Waals surface area (Å²) >= 11 is 0. The van der Waals surface area contributed by atoms with Crippen LogP contribution in [-0.2, 0) is 0 Å². The molecule has 3 rings (SSSR count). The highest BCUT2D eigenvalue weighted by Gasteiger charge is 2.20. The van der Waals surface area contributed by atoms with Gasteiger partial charge in [-0.1, -0.05) is 96.9 Å². The largest absolute Gasteiger partial charge is 0.508 e. The second-order valence-corrected chi connectivity index (χ2v) is 13.8. The van der Waals surface area contributed by atoms with Crippen LogP contribution in [0.5, 0.6) is 28.7 Å². The first kappa shape index (κ1) is 38.8. The zero-order chi connectivity index (χ0) is 32.2. The molecule has 7 nitrogen and oxygen atoms in total. The molecule has 0 radical (unpaired) electrons. The van der Waals surface area contributed by atoms with Crippen molar-refractivity contribution in [1.29, 1.82) is 0 Å². The Morgan fingerprint density at radius 3 is 1.45 bits per heavy atom. The summed E-state index contributed by atoms with van der Waals surface area (Å²) in [5, 5.41) is 38.2. The van der Waals surface area contributed by atoms with E-state index in [9.17, 15) is 25.2 Å². The predicted molar refractivity (Wildman–Crippen MR) is 168 cm³/mol. The van der Waals surface area contributed by atoms with Crippen molar-refractivity contribution in [3.63, 3.8) is 0 Å². The van der Waals surface area contributed by atoms with Gasteiger partial charge in [0.2, 0.25) is 11.2 Å². The van der Waals surface area contributed by atoms with Crippen molar-refractivity contribution in [3.05, 3.63) is 40.6 Å². The van der Waals surface area contributed by atoms with Crippen LogP contribution in [0.1, 0.15) is 96.9 Å². The Morgan fingerprint density at radius 1 is 0.650 bits per heavy atom. The van der Waals surface area contributed by atoms with Gasteiger partial charge < -0.3 is 29.6 Å². The predicted octanol–water partition coefficient (Wildman–Crippen LogP) is 9.47. The summed E-state index contributed by atoms with van der Waals surface area (Å²) in [7, 11) is 1.26. The average Bonchev–Trinajstić information content (AvgIpc) is 2.73. The first-order valence-corrected chi connectivity index (χ1v) is 13.5. The summed E-state index contributed by atoms with van der Waals surface area (Å²) in [6.07, 6.45) is 0. The molecule has 4 N–H and O–H groups in total. The number of hydrogen-bond acceptors (Lipinski definition) is 7. The van der Waals surface area contributed by atoms with E-state index in [0.29, 0.717) is 16.2 Å². The fourth-order valence-electron chi connectivity index (χ4n) is 2.31. The lowest BCUT2D eigenvalue weighted by Crippen LogP contribution is -2.07. The normalized spacial score (nSPS) is 10.9. The minimum absolute atomic E-state index is 0.00898. The second kappa shape index (κ2) is 16.0. The Labute approximate surface area is 241 Å². The van der Waals surface area contributed by atoms with Crippen LogP contribution in [0.25, 0.3) is 22.3 Å². The topological polar surface area (TPSA) is 120 Å². The molecule has 0 saturated carbocycles. The van der Waals surface area contributed by atoms with Gasteiger partial charge in [-0.05, 0) is 34.4 Å². The Hall–Kier alpha value is -3.35. The van der Waals surface area contributed by atoms with E-state index in [2.05, 4.69) is 83.1 Å². The summed E-state index contributed by atoms with van der Waals surface area (Å²) in [4.78, 5) is 12.5. The molecule has 7 heteroatoms. The molecule has 0 fully saturated rings. The van der Waals surface area contributed by atoms with Gasteiger partial charge in [-0.25, -0.2) is 0 Å². The van der Waals surface area contributed by atoms with Crippen molar-refractivity contribution in [2.24, 2.45) is 16.2 Å². The Morgan fingerprint density at radius 2 is 1.07 bits per heavy atom. The van der Waals surface area contributed by atoms with Crippen molar-refractivity contribution in [1.82, 2.24) is 0 Å². The van der Waals surface area contributed by atoms with Gasteiger partial charge in [0.05, 0.1) is 7.11 Å². The third kappa shape index (κ3) is 17.3. The van der Waals surface area contributed by atoms with E-state index in [-0.39, 0.29) is 39.5 Å². The minimum Gasteiger partial charge on any atom is -0.508 e. The Bertz CT molecular complexity index is 1190. The summed E-state index contributed by atoms with van der Waals surface area (Å²) in [6, 6.07) is 6.05. The highest BCUT2D eigenvalue weighted by molar-refractivity contribution is 5.88. The van der Waals surface area contributed by atoms with E-state index in [0.717, 1.165) is 6.07 Å². The summed E-state index contributed by atoms with van der Waals surface area (Å²) in [5.74, 6) is -1.62. The number of fused-ring (bicyclic) bond motifs is 1. The highest BCUT2D eigenvalue weighted by Crippen LogP contribution is 2.38. The molecule has 2 aromatic carbocycles. The molecule has 0 aliphatic heterocycles. The maximum Gasteiger partial charge on any atom is 0.239 e. The number of benzene rings is 2. The maximum atomic E-state index is 12.5. The second-order valence-electron chi connectivity index (χ2n) is 13.8. The molecule has 40 heavy (non-hydrogen) atoms. The zero-order valence-electron chi connectivity index (χ0n) is 27.4. The molecular weight excluding hydrogens is 508 g/mol. The monoisotopic (exact) mass is 562 g/mol. The number of phenols is 4. The number of aromatic hydroxyl groups is 4. The van der Waals surface area contributed by atoms with Crippen LogP contribution in [0.2, 0.25) is 0 Å². The first-order chi connectivity index (χ1) is 17.9. The van der Waals surface area contributed by atoms with Gasteiger partial charge in [0.1, 0.15) is 22.5 Å². The van der Waals surface area contributed by atoms with Crippen LogP contribution in [-0.4, -0.2) is 27.5 Å². The standard InChI is InChI=1S/C16H12O7.3C5H12.C2H6/c1-22-16-14(21)13-11(20)5-8(17)6-12(13)23-15(16)7-2-3-9(18)10(19)4-7;3*1-5(2,3)4;1-2/h2-6,17-20H,1H3;3*1-4H3;1-2H3. The molecule has 0 amide bonds. The number of phenolic OH excluding ortho intramolecular Hbond substituents is 4. The third-order valence-corrected chi connectivity index (χ3v) is 3.36. The molecular formula is C33H54O7. The van der Waals surface area contributed by atoms with Crippen LogP contribution in [0.3, 0.4) is 0 Å². The Kier molecular flexibility index (Phi) is 15.6. The molecule has 0 spiro atoms. The molecule has 0 aliphatic carbocycles. The number of ether oxygens (including phenoxy) is 1. The molecule has 0 aliphatic rings. The fourth-order valence-corrected chi connectivity index (χ4v) is 2.31. The lowest BCUT2D eigenvalue weighted by atomic mass is 10.0. The quantitative estimate of drug-likeness (QED) is 0.230. The SMILES string of the molecule is CC.CC(C)(C)C.CC(C)(C)C.CC(C)(C)C.COc1c(-c2ccc(O)c(O)c2)oc2cc(O)cc(O)c2c1=O. The lowest BCUT2D eigenvalue weighted by molar-refractivity contribution is 0.395. The van der Waals surface area contributed by atoms with Gasteiger partial charge in [-0.3, -0.25) is 4.79 Å². The number of methoxy groups -OCH3 is 1. The molecule has 228 valence electrons. The van der Waals surface area contributed by atoms with Crippen LogP contribution in [0.15, 0.2) is 39.5 Å². The minimum atomic E-state index is -0.631. The van der Waals surface area contributed by atoms with E-state index in [4.69, 9.17) is 9.15 Å². The summed E-state index contributed by atoms with van der Waals surface area (Å²) < 4.78 is 10.6. The fraction of sp³-hybridized carbons (Fsp3) is 0.545. The van der Waals surface area contributed by atoms with E-state index in [1.165, 1.54) is 31.4 Å². The van der Waals surface area contributed by atoms with Crippen molar-refractivity contribution >= 4 is 11.0 Å². The van der Waals surface area contributed by atoms with Crippen molar-refractivity contribution in [2.45, 2.75) is 96.9 Å². The maximum absolute atomic E-state index is 12.5. The molecule has 0 atom stereocenters. The number of hydrogen-bond donors (Lipinski definition) is 4. The van der Waals surface area contributed by atoms with Gasteiger partial charge >= 0.3 is 0 Å². The van der Waals surface area contributed by atoms with Crippen LogP contribution in [0, 0.1) is 16.2 Å². The number of rotatable bonds is 2. The smallest absolute Gasteiger partial charge is 0.239 e. The van der Waals surface area contributed by atoms with Crippen molar-refractivity contribution in [2.75, 3.05) is 7.11 Å². The summed E-state index contributed by atoms with van der Waals surface area (Å²) in [5.41, 5.74) is 1.10. The van der Waals surface area contributed by atoms with Crippen LogP contribution < -0.4 is 10.2 Å². The molecule has 0 unspecified atom stereocenters. The lowest BCUT2D eigenvalue weighted by Gasteiger charge is -2.10. The average molecular weight is 563 g/mol. The van der Waals surface area contributed by atoms with E-state index < -0.39 is 16.9 Å². The summed E-state index contributed by atoms with van der Waals surface area (Å²) in [6.45, 7) is 30.2. The molecule has 0 saturated heterocycles. The van der Waals surface area contributed by atoms with Gasteiger partial charge in [0.25, 0.3) is 0 Å². The van der Waals surface area contributed by atoms with Crippen molar-refractivity contribution in [3.8, 4) is 40.1 Å². The zero-order valence-corrected chi connectivity index (χ0v) is 27.4. The van der Waals surface area contributed by atoms with Crippen LogP contribution in [0.4, 0.5) is 0 Å². The van der Waals surface area contributed by atoms with Gasteiger partial charge in [-0.15, -0.1) is 0 Å². The van der Waals surface area contributed by atoms with Gasteiger partial charge in [0, 0.05) is 17.7 Å². The molecule has 0 bridgehead atoms. The van der Waals surface area contributed by atoms with Crippen molar-refractivity contribution < 1.29 is 29.6 Å². The van der Waals surface area contributed by atoms with E-state index >= 15 is 0 Å². The molecule has 1 heterocycles. The first-order valence-electron chi connectivity index (χ1n) is 13.5. The third-order valence-electron chi connectivity index (χ3n) is 3.36. The highest BCUT2D eigenvalue weighted by atomic mass is 16.5. The van der Waals surface area contributed by atoms with Gasteiger partial charge in [0.15, 0.2) is 17.3 Å². The van der Waals surface area contributed by atoms with E-state index in [1.807, 2.05) is 13.8 Å². The van der Waals surface area contributed by atoms with E-state index in [1.54, 1.807) is 0 Å². The van der Waals surface area contributed by atoms with Gasteiger partial charge in [-0.2, -0.15) is 0 Å². The molecule has 1 aromatic heterocycles.